The number of hydrogen-bond acceptors (Lipinski definition) is 14. The fourth-order valence-electron chi connectivity index (χ4n) is 3.22. The number of ether oxygens (including phenoxy) is 5. The third-order valence-corrected chi connectivity index (χ3v) is 6.67. The summed E-state index contributed by atoms with van der Waals surface area (Å²) in [6, 6.07) is -0.920. The summed E-state index contributed by atoms with van der Waals surface area (Å²) in [6.45, 7) is 3.35. The molecule has 1 amide bonds. The van der Waals surface area contributed by atoms with E-state index in [1.54, 1.807) is 13.8 Å². The van der Waals surface area contributed by atoms with Gasteiger partial charge < -0.3 is 40.3 Å². The van der Waals surface area contributed by atoms with Crippen molar-refractivity contribution in [3.05, 3.63) is 0 Å². The summed E-state index contributed by atoms with van der Waals surface area (Å²) in [7, 11) is 0. The van der Waals surface area contributed by atoms with Crippen LogP contribution in [0.25, 0.3) is 0 Å². The molecule has 0 spiro atoms. The number of thioether (sulfide) groups is 1. The fourth-order valence-corrected chi connectivity index (χ4v) is 4.29. The fraction of sp³-hybridized carbons (Fsp3) is 0.812. The lowest BCUT2D eigenvalue weighted by Gasteiger charge is -2.19. The van der Waals surface area contributed by atoms with Gasteiger partial charge in [-0.2, -0.15) is 11.8 Å². The minimum absolute atomic E-state index is 0. The summed E-state index contributed by atoms with van der Waals surface area (Å²) in [5.41, 5.74) is 11.0. The van der Waals surface area contributed by atoms with Gasteiger partial charge in [-0.1, -0.05) is 44.6 Å². The maximum absolute atomic E-state index is 12.6. The molecule has 284 valence electrons. The number of Topliss-reactive ketones (excluding diaryl/α,β-unsaturated/α-hetero) is 3. The van der Waals surface area contributed by atoms with Gasteiger partial charge in [0.05, 0.1) is 39.1 Å². The van der Waals surface area contributed by atoms with Crippen molar-refractivity contribution >= 4 is 47.3 Å². The highest BCUT2D eigenvalue weighted by Crippen LogP contribution is 2.15. The molecule has 14 nitrogen and oxygen atoms in total. The van der Waals surface area contributed by atoms with E-state index in [1.807, 2.05) is 0 Å². The number of hydrogen-bond donors (Lipinski definition) is 3. The molecule has 47 heavy (non-hydrogen) atoms. The number of rotatable bonds is 25. The van der Waals surface area contributed by atoms with Crippen molar-refractivity contribution in [2.24, 2.45) is 17.4 Å². The van der Waals surface area contributed by atoms with Crippen molar-refractivity contribution in [2.45, 2.75) is 115 Å². The van der Waals surface area contributed by atoms with E-state index in [0.717, 1.165) is 0 Å². The van der Waals surface area contributed by atoms with Gasteiger partial charge in [0.1, 0.15) is 17.7 Å². The molecule has 5 N–H and O–H groups in total. The van der Waals surface area contributed by atoms with E-state index in [0.29, 0.717) is 6.42 Å². The molecular formula is C32H68N2O12S. The maximum Gasteiger partial charge on any atom is 0.508 e. The van der Waals surface area contributed by atoms with Gasteiger partial charge in [0.15, 0.2) is 5.78 Å². The second-order valence-corrected chi connectivity index (χ2v) is 9.95. The lowest BCUT2D eigenvalue weighted by molar-refractivity contribution is -0.129. The second-order valence-electron chi connectivity index (χ2n) is 8.87. The molecule has 0 aromatic carbocycles. The number of aliphatic hydroxyl groups is 1. The molecular weight excluding hydrogens is 636 g/mol. The van der Waals surface area contributed by atoms with Gasteiger partial charge in [-0.25, -0.2) is 9.59 Å². The van der Waals surface area contributed by atoms with Gasteiger partial charge in [0.2, 0.25) is 5.91 Å². The standard InChI is InChI=1S/C26H44N2O12S.6CH4/c1-3-37-25(34)39-13-10-20(40-26(35)38-4-2)16-41-17-21(27)23(32)14-18(15-29)22(31)6-5-11-36-12-9-19(30)7-8-24(28)33;;;;;;/h18,20-21,29H,3-17,27H2,1-2H3,(H2,28,33);6*1H4. The van der Waals surface area contributed by atoms with E-state index in [4.69, 9.17) is 30.4 Å². The highest BCUT2D eigenvalue weighted by Gasteiger charge is 2.25. The van der Waals surface area contributed by atoms with Gasteiger partial charge in [-0.15, -0.1) is 0 Å². The Morgan fingerprint density at radius 1 is 0.723 bits per heavy atom. The number of carbonyl (C=O) groups excluding carboxylic acids is 6. The van der Waals surface area contributed by atoms with Crippen LogP contribution in [0.15, 0.2) is 0 Å². The summed E-state index contributed by atoms with van der Waals surface area (Å²) in [5, 5.41) is 9.62. The Balaban J connectivity index is -0.000000533. The Morgan fingerprint density at radius 3 is 1.87 bits per heavy atom. The number of primary amides is 1. The van der Waals surface area contributed by atoms with Gasteiger partial charge in [-0.3, -0.25) is 19.2 Å². The van der Waals surface area contributed by atoms with Crippen LogP contribution < -0.4 is 11.5 Å². The molecule has 0 fully saturated rings. The predicted molar refractivity (Wildman–Crippen MR) is 188 cm³/mol. The summed E-state index contributed by atoms with van der Waals surface area (Å²) in [5.74, 6) is -1.87. The van der Waals surface area contributed by atoms with Crippen molar-refractivity contribution in [3.8, 4) is 0 Å². The molecule has 0 aliphatic carbocycles. The molecule has 0 rings (SSSR count). The van der Waals surface area contributed by atoms with Crippen LogP contribution in [-0.4, -0.2) is 104 Å². The number of nitrogens with two attached hydrogens (primary N) is 2. The summed E-state index contributed by atoms with van der Waals surface area (Å²) in [4.78, 5) is 70.3. The Morgan fingerprint density at radius 2 is 1.32 bits per heavy atom. The maximum atomic E-state index is 12.6. The first-order chi connectivity index (χ1) is 19.5. The second kappa shape index (κ2) is 37.7. The predicted octanol–water partition coefficient (Wildman–Crippen LogP) is 5.13. The smallest absolute Gasteiger partial charge is 0.435 e. The lowest BCUT2D eigenvalue weighted by Crippen LogP contribution is -2.36. The van der Waals surface area contributed by atoms with Gasteiger partial charge in [0.25, 0.3) is 0 Å². The first kappa shape index (κ1) is 59.7. The zero-order valence-corrected chi connectivity index (χ0v) is 24.7. The van der Waals surface area contributed by atoms with E-state index >= 15 is 0 Å². The molecule has 3 unspecified atom stereocenters. The third kappa shape index (κ3) is 33.0. The van der Waals surface area contributed by atoms with E-state index < -0.39 is 48.7 Å². The molecule has 0 saturated carbocycles. The topological polar surface area (TPSA) is 221 Å². The van der Waals surface area contributed by atoms with Crippen LogP contribution in [0.4, 0.5) is 9.59 Å². The van der Waals surface area contributed by atoms with E-state index in [1.165, 1.54) is 11.8 Å². The average Bonchev–Trinajstić information content (AvgIpc) is 2.92. The number of aliphatic hydroxyl groups excluding tert-OH is 1. The van der Waals surface area contributed by atoms with Crippen LogP contribution in [0, 0.1) is 5.92 Å². The third-order valence-electron chi connectivity index (χ3n) is 5.47. The Bertz CT molecular complexity index is 830. The Kier molecular flexibility index (Phi) is 47.9. The van der Waals surface area contributed by atoms with Crippen LogP contribution in [0.1, 0.15) is 103 Å². The van der Waals surface area contributed by atoms with Crippen molar-refractivity contribution in [2.75, 3.05) is 51.1 Å². The van der Waals surface area contributed by atoms with Crippen molar-refractivity contribution < 1.29 is 57.6 Å². The molecule has 15 heteroatoms. The van der Waals surface area contributed by atoms with Gasteiger partial charge in [0, 0.05) is 62.6 Å². The number of ketones is 3. The number of amides is 1. The molecule has 0 bridgehead atoms. The summed E-state index contributed by atoms with van der Waals surface area (Å²) >= 11 is 1.24. The van der Waals surface area contributed by atoms with Crippen molar-refractivity contribution in [1.82, 2.24) is 0 Å². The van der Waals surface area contributed by atoms with Crippen LogP contribution in [0.5, 0.6) is 0 Å². The first-order valence-corrected chi connectivity index (χ1v) is 14.7. The minimum atomic E-state index is -0.920. The highest BCUT2D eigenvalue weighted by molar-refractivity contribution is 7.99. The van der Waals surface area contributed by atoms with Crippen molar-refractivity contribution in [3.63, 3.8) is 0 Å². The lowest BCUT2D eigenvalue weighted by atomic mass is 9.93. The largest absolute Gasteiger partial charge is 0.508 e. The van der Waals surface area contributed by atoms with Crippen LogP contribution in [0.3, 0.4) is 0 Å². The molecule has 3 atom stereocenters. The molecule has 0 saturated heterocycles. The molecule has 0 radical (unpaired) electrons. The Labute approximate surface area is 288 Å². The van der Waals surface area contributed by atoms with Crippen LogP contribution in [0.2, 0.25) is 0 Å². The monoisotopic (exact) mass is 704 g/mol. The molecule has 0 aliphatic heterocycles. The quantitative estimate of drug-likeness (QED) is 0.0829. The molecule has 0 aliphatic rings. The SMILES string of the molecule is C.C.C.C.C.C.CCOC(=O)OCCC(CSCC(N)C(=O)CC(CO)C(=O)CCCOCCC(=O)CCC(N)=O)OC(=O)OCC. The van der Waals surface area contributed by atoms with Crippen LogP contribution in [-0.2, 0) is 42.9 Å². The molecule has 0 aromatic rings. The van der Waals surface area contributed by atoms with Crippen molar-refractivity contribution in [1.29, 1.82) is 0 Å². The average molecular weight is 705 g/mol. The first-order valence-electron chi connectivity index (χ1n) is 13.5. The molecule has 0 aromatic heterocycles. The number of carbonyl (C=O) groups is 6. The van der Waals surface area contributed by atoms with E-state index in [2.05, 4.69) is 4.74 Å². The Hall–Kier alpha value is -2.75. The summed E-state index contributed by atoms with van der Waals surface area (Å²) < 4.78 is 24.9. The minimum Gasteiger partial charge on any atom is -0.435 e. The normalized spacial score (nSPS) is 11.3. The van der Waals surface area contributed by atoms with E-state index in [-0.39, 0.29) is 139 Å². The summed E-state index contributed by atoms with van der Waals surface area (Å²) in [6.07, 6.45) is -1.81. The zero-order chi connectivity index (χ0) is 31.0. The van der Waals surface area contributed by atoms with E-state index in [9.17, 15) is 33.9 Å². The highest BCUT2D eigenvalue weighted by atomic mass is 32.2. The zero-order valence-electron chi connectivity index (χ0n) is 23.8. The van der Waals surface area contributed by atoms with Gasteiger partial charge in [-0.05, 0) is 20.3 Å². The van der Waals surface area contributed by atoms with Gasteiger partial charge >= 0.3 is 12.3 Å². The molecule has 0 heterocycles. The van der Waals surface area contributed by atoms with Crippen LogP contribution >= 0.6 is 11.8 Å².